The van der Waals surface area contributed by atoms with Crippen LogP contribution in [0, 0.1) is 0 Å². The van der Waals surface area contributed by atoms with E-state index in [4.69, 9.17) is 16.3 Å². The summed E-state index contributed by atoms with van der Waals surface area (Å²) in [4.78, 5) is 16.2. The summed E-state index contributed by atoms with van der Waals surface area (Å²) >= 11 is 7.32. The van der Waals surface area contributed by atoms with Gasteiger partial charge in [-0.1, -0.05) is 11.6 Å². The van der Waals surface area contributed by atoms with Crippen molar-refractivity contribution >= 4 is 53.7 Å². The molecule has 0 saturated heterocycles. The second kappa shape index (κ2) is 13.2. The van der Waals surface area contributed by atoms with Gasteiger partial charge < -0.3 is 15.4 Å². The summed E-state index contributed by atoms with van der Waals surface area (Å²) < 4.78 is 5.64. The minimum atomic E-state index is -0.00317. The second-order valence-electron chi connectivity index (χ2n) is 4.96. The smallest absolute Gasteiger partial charge is 0.226 e. The van der Waals surface area contributed by atoms with Crippen molar-refractivity contribution < 1.29 is 9.53 Å². The van der Waals surface area contributed by atoms with Crippen LogP contribution in [0.2, 0.25) is 5.02 Å². The van der Waals surface area contributed by atoms with E-state index in [1.807, 2.05) is 24.6 Å². The maximum Gasteiger partial charge on any atom is 0.226 e. The maximum absolute atomic E-state index is 11.8. The molecule has 0 unspecified atom stereocenters. The molecule has 0 spiro atoms. The molecule has 1 heterocycles. The van der Waals surface area contributed by atoms with Gasteiger partial charge in [-0.15, -0.1) is 36.2 Å². The Hall–Kier alpha value is -1.05. The Bertz CT molecular complexity index is 623. The number of ether oxygens (including phenoxy) is 1. The van der Waals surface area contributed by atoms with E-state index in [0.717, 1.165) is 29.4 Å². The number of benzene rings is 1. The average molecular weight is 427 g/mol. The molecule has 0 bridgehead atoms. The van der Waals surface area contributed by atoms with Gasteiger partial charge in [0.2, 0.25) is 5.91 Å². The number of nitrogens with one attached hydrogen (secondary N) is 2. The SMILES string of the molecule is CNCCCNC(=O)Cc1csc(COc2ccc(Cl)cc2)n1.Cl.Cl. The summed E-state index contributed by atoms with van der Waals surface area (Å²) in [5.74, 6) is 0.741. The van der Waals surface area contributed by atoms with Crippen LogP contribution in [0.15, 0.2) is 29.6 Å². The highest BCUT2D eigenvalue weighted by Crippen LogP contribution is 2.18. The van der Waals surface area contributed by atoms with E-state index in [0.29, 0.717) is 24.6 Å². The summed E-state index contributed by atoms with van der Waals surface area (Å²) in [5.41, 5.74) is 0.774. The molecule has 25 heavy (non-hydrogen) atoms. The van der Waals surface area contributed by atoms with Crippen molar-refractivity contribution in [2.75, 3.05) is 20.1 Å². The molecule has 0 aliphatic heterocycles. The molecule has 140 valence electrons. The number of carbonyl (C=O) groups excluding carboxylic acids is 1. The van der Waals surface area contributed by atoms with E-state index >= 15 is 0 Å². The summed E-state index contributed by atoms with van der Waals surface area (Å²) in [6.07, 6.45) is 1.22. The molecular formula is C16H22Cl3N3O2S. The molecule has 0 radical (unpaired) electrons. The first kappa shape index (κ1) is 23.9. The number of carbonyl (C=O) groups is 1. The van der Waals surface area contributed by atoms with Crippen molar-refractivity contribution in [1.82, 2.24) is 15.6 Å². The van der Waals surface area contributed by atoms with Gasteiger partial charge in [0.05, 0.1) is 12.1 Å². The van der Waals surface area contributed by atoms with Gasteiger partial charge >= 0.3 is 0 Å². The van der Waals surface area contributed by atoms with Gasteiger partial charge in [0, 0.05) is 16.9 Å². The number of thiazole rings is 1. The van der Waals surface area contributed by atoms with Crippen LogP contribution in [0.1, 0.15) is 17.1 Å². The summed E-state index contributed by atoms with van der Waals surface area (Å²) in [7, 11) is 1.89. The van der Waals surface area contributed by atoms with Gasteiger partial charge in [-0.25, -0.2) is 4.98 Å². The molecular weight excluding hydrogens is 405 g/mol. The molecule has 2 aromatic rings. The fourth-order valence-corrected chi connectivity index (χ4v) is 2.72. The Morgan fingerprint density at radius 2 is 1.96 bits per heavy atom. The normalized spacial score (nSPS) is 9.68. The van der Waals surface area contributed by atoms with Crippen molar-refractivity contribution in [2.24, 2.45) is 0 Å². The van der Waals surface area contributed by atoms with Crippen molar-refractivity contribution in [3.63, 3.8) is 0 Å². The zero-order valence-corrected chi connectivity index (χ0v) is 17.0. The summed E-state index contributed by atoms with van der Waals surface area (Å²) in [6, 6.07) is 7.19. The quantitative estimate of drug-likeness (QED) is 0.603. The first-order chi connectivity index (χ1) is 11.2. The second-order valence-corrected chi connectivity index (χ2v) is 6.34. The highest BCUT2D eigenvalue weighted by Gasteiger charge is 2.08. The Labute approximate surface area is 169 Å². The topological polar surface area (TPSA) is 63.2 Å². The average Bonchev–Trinajstić information content (AvgIpc) is 2.98. The van der Waals surface area contributed by atoms with Crippen molar-refractivity contribution in [3.8, 4) is 5.75 Å². The number of hydrogen-bond acceptors (Lipinski definition) is 5. The Morgan fingerprint density at radius 1 is 1.24 bits per heavy atom. The fourth-order valence-electron chi connectivity index (χ4n) is 1.89. The first-order valence-corrected chi connectivity index (χ1v) is 8.66. The lowest BCUT2D eigenvalue weighted by molar-refractivity contribution is -0.120. The van der Waals surface area contributed by atoms with Crippen molar-refractivity contribution in [3.05, 3.63) is 45.4 Å². The van der Waals surface area contributed by atoms with Crippen LogP contribution >= 0.6 is 47.8 Å². The van der Waals surface area contributed by atoms with Crippen molar-refractivity contribution in [2.45, 2.75) is 19.4 Å². The minimum Gasteiger partial charge on any atom is -0.486 e. The third-order valence-electron chi connectivity index (χ3n) is 3.04. The zero-order chi connectivity index (χ0) is 16.5. The molecule has 0 aliphatic rings. The molecule has 1 aromatic heterocycles. The molecule has 5 nitrogen and oxygen atoms in total. The number of rotatable bonds is 9. The summed E-state index contributed by atoms with van der Waals surface area (Å²) in [5, 5.41) is 9.34. The Morgan fingerprint density at radius 3 is 2.64 bits per heavy atom. The Kier molecular flexibility index (Phi) is 12.6. The van der Waals surface area contributed by atoms with Gasteiger partial charge in [-0.3, -0.25) is 4.79 Å². The van der Waals surface area contributed by atoms with Crippen LogP contribution in [-0.2, 0) is 17.8 Å². The molecule has 0 fully saturated rings. The van der Waals surface area contributed by atoms with Crippen LogP contribution in [-0.4, -0.2) is 31.0 Å². The third-order valence-corrected chi connectivity index (χ3v) is 4.17. The van der Waals surface area contributed by atoms with Crippen LogP contribution in [0.4, 0.5) is 0 Å². The van der Waals surface area contributed by atoms with Crippen LogP contribution in [0.3, 0.4) is 0 Å². The lowest BCUT2D eigenvalue weighted by Gasteiger charge is -2.04. The lowest BCUT2D eigenvalue weighted by atomic mass is 10.3. The van der Waals surface area contributed by atoms with Crippen LogP contribution < -0.4 is 15.4 Å². The highest BCUT2D eigenvalue weighted by molar-refractivity contribution is 7.09. The molecule has 2 N–H and O–H groups in total. The summed E-state index contributed by atoms with van der Waals surface area (Å²) in [6.45, 7) is 1.95. The number of halogens is 3. The van der Waals surface area contributed by atoms with Crippen LogP contribution in [0.5, 0.6) is 5.75 Å². The van der Waals surface area contributed by atoms with E-state index in [-0.39, 0.29) is 30.7 Å². The van der Waals surface area contributed by atoms with Crippen LogP contribution in [0.25, 0.3) is 0 Å². The molecule has 2 rings (SSSR count). The van der Waals surface area contributed by atoms with Gasteiger partial charge in [-0.05, 0) is 44.3 Å². The number of nitrogens with zero attached hydrogens (tertiary/aromatic N) is 1. The van der Waals surface area contributed by atoms with E-state index in [1.54, 1.807) is 12.1 Å². The fraction of sp³-hybridized carbons (Fsp3) is 0.375. The van der Waals surface area contributed by atoms with Gasteiger partial charge in [0.1, 0.15) is 17.4 Å². The largest absolute Gasteiger partial charge is 0.486 e. The van der Waals surface area contributed by atoms with E-state index in [2.05, 4.69) is 15.6 Å². The number of amides is 1. The van der Waals surface area contributed by atoms with E-state index < -0.39 is 0 Å². The molecule has 1 aromatic carbocycles. The Balaban J connectivity index is 0.00000288. The lowest BCUT2D eigenvalue weighted by Crippen LogP contribution is -2.28. The predicted octanol–water partition coefficient (Wildman–Crippen LogP) is 3.49. The first-order valence-electron chi connectivity index (χ1n) is 7.40. The van der Waals surface area contributed by atoms with Gasteiger partial charge in [0.15, 0.2) is 0 Å². The number of aromatic nitrogens is 1. The minimum absolute atomic E-state index is 0. The molecule has 9 heteroatoms. The number of hydrogen-bond donors (Lipinski definition) is 2. The highest BCUT2D eigenvalue weighted by atomic mass is 35.5. The predicted molar refractivity (Wildman–Crippen MR) is 108 cm³/mol. The van der Waals surface area contributed by atoms with E-state index in [1.165, 1.54) is 11.3 Å². The standard InChI is InChI=1S/C16H20ClN3O2S.2ClH/c1-18-7-2-8-19-15(21)9-13-11-23-16(20-13)10-22-14-5-3-12(17)4-6-14;;/h3-6,11,18H,2,7-10H2,1H3,(H,19,21);2*1H. The molecule has 0 aliphatic carbocycles. The molecule has 0 saturated carbocycles. The third kappa shape index (κ3) is 9.28. The molecule has 1 amide bonds. The van der Waals surface area contributed by atoms with Crippen molar-refractivity contribution in [1.29, 1.82) is 0 Å². The monoisotopic (exact) mass is 425 g/mol. The zero-order valence-electron chi connectivity index (χ0n) is 13.8. The van der Waals surface area contributed by atoms with Gasteiger partial charge in [0.25, 0.3) is 0 Å². The maximum atomic E-state index is 11.8. The molecule has 0 atom stereocenters. The van der Waals surface area contributed by atoms with Gasteiger partial charge in [-0.2, -0.15) is 0 Å². The van der Waals surface area contributed by atoms with E-state index in [9.17, 15) is 4.79 Å².